The maximum Gasteiger partial charge on any atom is 0.394 e. The molecule has 0 unspecified atom stereocenters. The molecule has 1 heterocycles. The molecule has 0 fully saturated rings. The first kappa shape index (κ1) is 16.5. The second kappa shape index (κ2) is 6.07. The standard InChI is InChI=1S/C13H10BrF4N3O/c1-21-6-7(10(20-21)5-13(16,17)18)12(22)19-11-8(14)3-2-4-9(11)15/h2-4,6H,5H2,1H3,(H,19,22). The van der Waals surface area contributed by atoms with Gasteiger partial charge in [-0.15, -0.1) is 0 Å². The van der Waals surface area contributed by atoms with E-state index in [4.69, 9.17) is 0 Å². The first-order chi connectivity index (χ1) is 10.2. The van der Waals surface area contributed by atoms with E-state index in [1.807, 2.05) is 0 Å². The second-order valence-electron chi connectivity index (χ2n) is 4.51. The summed E-state index contributed by atoms with van der Waals surface area (Å²) in [5.74, 6) is -1.57. The smallest absolute Gasteiger partial charge is 0.318 e. The maximum atomic E-state index is 13.7. The second-order valence-corrected chi connectivity index (χ2v) is 5.36. The van der Waals surface area contributed by atoms with Crippen LogP contribution in [0.15, 0.2) is 28.9 Å². The molecule has 0 saturated heterocycles. The molecule has 1 aromatic carbocycles. The monoisotopic (exact) mass is 379 g/mol. The molecule has 0 aliphatic heterocycles. The van der Waals surface area contributed by atoms with Gasteiger partial charge in [0.25, 0.3) is 5.91 Å². The summed E-state index contributed by atoms with van der Waals surface area (Å²) in [6, 6.07) is 4.05. The largest absolute Gasteiger partial charge is 0.394 e. The molecule has 0 aliphatic carbocycles. The molecule has 2 rings (SSSR count). The van der Waals surface area contributed by atoms with Gasteiger partial charge in [-0.1, -0.05) is 6.07 Å². The predicted octanol–water partition coefficient (Wildman–Crippen LogP) is 3.68. The zero-order valence-corrected chi connectivity index (χ0v) is 12.8. The number of hydrogen-bond acceptors (Lipinski definition) is 2. The molecule has 9 heteroatoms. The number of amides is 1. The number of rotatable bonds is 3. The van der Waals surface area contributed by atoms with Gasteiger partial charge in [-0.2, -0.15) is 18.3 Å². The lowest BCUT2D eigenvalue weighted by molar-refractivity contribution is -0.127. The lowest BCUT2D eigenvalue weighted by Gasteiger charge is -2.09. The van der Waals surface area contributed by atoms with Crippen LogP contribution in [0.2, 0.25) is 0 Å². The van der Waals surface area contributed by atoms with Crippen molar-refractivity contribution >= 4 is 27.5 Å². The zero-order valence-electron chi connectivity index (χ0n) is 11.2. The summed E-state index contributed by atoms with van der Waals surface area (Å²) >= 11 is 3.07. The third kappa shape index (κ3) is 3.85. The fourth-order valence-corrected chi connectivity index (χ4v) is 2.28. The number of alkyl halides is 3. The van der Waals surface area contributed by atoms with E-state index in [9.17, 15) is 22.4 Å². The van der Waals surface area contributed by atoms with Crippen molar-refractivity contribution in [2.75, 3.05) is 5.32 Å². The Bertz CT molecular complexity index is 692. The van der Waals surface area contributed by atoms with Gasteiger partial charge in [-0.3, -0.25) is 9.48 Å². The number of hydrogen-bond donors (Lipinski definition) is 1. The summed E-state index contributed by atoms with van der Waals surface area (Å²) in [7, 11) is 1.40. The minimum absolute atomic E-state index is 0.144. The average molecular weight is 380 g/mol. The van der Waals surface area contributed by atoms with E-state index < -0.39 is 30.0 Å². The van der Waals surface area contributed by atoms with Crippen LogP contribution in [0.4, 0.5) is 23.2 Å². The van der Waals surface area contributed by atoms with Crippen LogP contribution in [0.1, 0.15) is 16.1 Å². The van der Waals surface area contributed by atoms with Crippen LogP contribution in [0.25, 0.3) is 0 Å². The van der Waals surface area contributed by atoms with Crippen LogP contribution < -0.4 is 5.32 Å². The molecule has 0 saturated carbocycles. The number of nitrogens with zero attached hydrogens (tertiary/aromatic N) is 2. The fraction of sp³-hybridized carbons (Fsp3) is 0.231. The van der Waals surface area contributed by atoms with Gasteiger partial charge in [0.2, 0.25) is 0 Å². The lowest BCUT2D eigenvalue weighted by Crippen LogP contribution is -2.18. The molecule has 1 aromatic heterocycles. The first-order valence-electron chi connectivity index (χ1n) is 6.02. The molecular weight excluding hydrogens is 370 g/mol. The van der Waals surface area contributed by atoms with Crippen molar-refractivity contribution in [2.45, 2.75) is 12.6 Å². The number of halogens is 5. The molecule has 0 bridgehead atoms. The molecule has 0 aliphatic rings. The van der Waals surface area contributed by atoms with Crippen LogP contribution >= 0.6 is 15.9 Å². The van der Waals surface area contributed by atoms with E-state index in [1.165, 1.54) is 19.2 Å². The molecule has 1 N–H and O–H groups in total. The first-order valence-corrected chi connectivity index (χ1v) is 6.81. The number of nitrogens with one attached hydrogen (secondary N) is 1. The van der Waals surface area contributed by atoms with Crippen molar-refractivity contribution in [3.63, 3.8) is 0 Å². The maximum absolute atomic E-state index is 13.7. The van der Waals surface area contributed by atoms with Crippen LogP contribution in [-0.4, -0.2) is 21.9 Å². The summed E-state index contributed by atoms with van der Waals surface area (Å²) in [6.45, 7) is 0. The Balaban J connectivity index is 2.30. The van der Waals surface area contributed by atoms with E-state index in [0.717, 1.165) is 16.9 Å². The van der Waals surface area contributed by atoms with Crippen molar-refractivity contribution in [3.8, 4) is 0 Å². The Morgan fingerprint density at radius 1 is 1.41 bits per heavy atom. The summed E-state index contributed by atoms with van der Waals surface area (Å²) < 4.78 is 52.5. The highest BCUT2D eigenvalue weighted by Crippen LogP contribution is 2.27. The molecule has 118 valence electrons. The number of aromatic nitrogens is 2. The van der Waals surface area contributed by atoms with Crippen LogP contribution in [-0.2, 0) is 13.5 Å². The molecule has 1 amide bonds. The summed E-state index contributed by atoms with van der Waals surface area (Å²) in [4.78, 5) is 12.1. The number of benzene rings is 1. The Morgan fingerprint density at radius 2 is 2.09 bits per heavy atom. The number of carbonyl (C=O) groups excluding carboxylic acids is 1. The van der Waals surface area contributed by atoms with Crippen molar-refractivity contribution in [1.29, 1.82) is 0 Å². The molecular formula is C13H10BrF4N3O. The highest BCUT2D eigenvalue weighted by molar-refractivity contribution is 9.10. The van der Waals surface area contributed by atoms with E-state index in [1.54, 1.807) is 0 Å². The van der Waals surface area contributed by atoms with Crippen molar-refractivity contribution in [1.82, 2.24) is 9.78 Å². The molecule has 22 heavy (non-hydrogen) atoms. The summed E-state index contributed by atoms with van der Waals surface area (Å²) in [5, 5.41) is 5.89. The van der Waals surface area contributed by atoms with Crippen molar-refractivity contribution < 1.29 is 22.4 Å². The van der Waals surface area contributed by atoms with E-state index in [-0.39, 0.29) is 15.7 Å². The number of anilines is 1. The Hall–Kier alpha value is -1.90. The Morgan fingerprint density at radius 3 is 2.68 bits per heavy atom. The molecule has 0 radical (unpaired) electrons. The summed E-state index contributed by atoms with van der Waals surface area (Å²) in [6.07, 6.45) is -4.68. The third-order valence-corrected chi connectivity index (χ3v) is 3.38. The van der Waals surface area contributed by atoms with Crippen molar-refractivity contribution in [2.24, 2.45) is 7.05 Å². The third-order valence-electron chi connectivity index (χ3n) is 2.72. The SMILES string of the molecule is Cn1cc(C(=O)Nc2c(F)cccc2Br)c(CC(F)(F)F)n1. The van der Waals surface area contributed by atoms with E-state index in [0.29, 0.717) is 0 Å². The molecule has 0 atom stereocenters. The van der Waals surface area contributed by atoms with Gasteiger partial charge in [-0.25, -0.2) is 4.39 Å². The minimum Gasteiger partial charge on any atom is -0.318 e. The molecule has 2 aromatic rings. The van der Waals surface area contributed by atoms with E-state index in [2.05, 4.69) is 26.3 Å². The number of aryl methyl sites for hydroxylation is 1. The fourth-order valence-electron chi connectivity index (χ4n) is 1.84. The van der Waals surface area contributed by atoms with Gasteiger partial charge in [-0.05, 0) is 28.1 Å². The quantitative estimate of drug-likeness (QED) is 0.826. The minimum atomic E-state index is -4.50. The van der Waals surface area contributed by atoms with Crippen LogP contribution in [0.5, 0.6) is 0 Å². The highest BCUT2D eigenvalue weighted by Gasteiger charge is 2.32. The van der Waals surface area contributed by atoms with Crippen molar-refractivity contribution in [3.05, 3.63) is 45.9 Å². The molecule has 0 spiro atoms. The van der Waals surface area contributed by atoms with Gasteiger partial charge in [0.15, 0.2) is 0 Å². The number of carbonyl (C=O) groups is 1. The highest BCUT2D eigenvalue weighted by atomic mass is 79.9. The predicted molar refractivity (Wildman–Crippen MR) is 75.0 cm³/mol. The van der Waals surface area contributed by atoms with Crippen LogP contribution in [0, 0.1) is 5.82 Å². The van der Waals surface area contributed by atoms with Gasteiger partial charge in [0, 0.05) is 17.7 Å². The average Bonchev–Trinajstić information content (AvgIpc) is 2.72. The lowest BCUT2D eigenvalue weighted by atomic mass is 10.1. The zero-order chi connectivity index (χ0) is 16.5. The topological polar surface area (TPSA) is 46.9 Å². The Labute approximate surface area is 131 Å². The van der Waals surface area contributed by atoms with Gasteiger partial charge in [0.05, 0.1) is 23.4 Å². The normalized spacial score (nSPS) is 11.5. The molecule has 4 nitrogen and oxygen atoms in total. The Kier molecular flexibility index (Phi) is 4.55. The van der Waals surface area contributed by atoms with E-state index >= 15 is 0 Å². The van der Waals surface area contributed by atoms with Crippen LogP contribution in [0.3, 0.4) is 0 Å². The number of para-hydroxylation sites is 1. The van der Waals surface area contributed by atoms with Gasteiger partial charge < -0.3 is 5.32 Å². The van der Waals surface area contributed by atoms with Gasteiger partial charge in [0.1, 0.15) is 5.82 Å². The van der Waals surface area contributed by atoms with Gasteiger partial charge >= 0.3 is 6.18 Å². The summed E-state index contributed by atoms with van der Waals surface area (Å²) in [5.41, 5.74) is -0.816.